The molecule has 1 aliphatic rings. The summed E-state index contributed by atoms with van der Waals surface area (Å²) in [6.45, 7) is 2.99. The topological polar surface area (TPSA) is 114 Å². The SMILES string of the molecule is CC(O)(COC(=O)N1CCN(Cc2ccc(C(F)(F)F)cc2)CC1)Cn1cc([N+](=O)[O-])nc1Cl. The maximum atomic E-state index is 12.7. The van der Waals surface area contributed by atoms with Crippen LogP contribution in [0.15, 0.2) is 30.5 Å². The highest BCUT2D eigenvalue weighted by Gasteiger charge is 2.31. The Morgan fingerprint density at radius 1 is 1.24 bits per heavy atom. The minimum atomic E-state index is -4.38. The van der Waals surface area contributed by atoms with Gasteiger partial charge in [0.15, 0.2) is 0 Å². The normalized spacial score (nSPS) is 16.8. The smallest absolute Gasteiger partial charge is 0.416 e. The third-order valence-corrected chi connectivity index (χ3v) is 5.54. The molecule has 1 amide bonds. The maximum Gasteiger partial charge on any atom is 0.416 e. The lowest BCUT2D eigenvalue weighted by molar-refractivity contribution is -0.389. The molecule has 1 aromatic heterocycles. The second kappa shape index (κ2) is 10.2. The van der Waals surface area contributed by atoms with E-state index in [4.69, 9.17) is 16.3 Å². The number of aromatic nitrogens is 2. The van der Waals surface area contributed by atoms with Crippen molar-refractivity contribution in [3.05, 3.63) is 57.0 Å². The highest BCUT2D eigenvalue weighted by molar-refractivity contribution is 6.28. The second-order valence-electron chi connectivity index (χ2n) is 8.26. The zero-order chi connectivity index (χ0) is 25.1. The Kier molecular flexibility index (Phi) is 7.68. The summed E-state index contributed by atoms with van der Waals surface area (Å²) in [5.41, 5.74) is -1.52. The van der Waals surface area contributed by atoms with Gasteiger partial charge in [-0.05, 0) is 46.1 Å². The van der Waals surface area contributed by atoms with Crippen LogP contribution in [0.1, 0.15) is 18.1 Å². The average molecular weight is 506 g/mol. The number of nitro groups is 1. The van der Waals surface area contributed by atoms with Crippen molar-refractivity contribution in [3.63, 3.8) is 0 Å². The predicted octanol–water partition coefficient (Wildman–Crippen LogP) is 3.17. The number of halogens is 4. The summed E-state index contributed by atoms with van der Waals surface area (Å²) in [5, 5.41) is 21.1. The number of benzene rings is 1. The van der Waals surface area contributed by atoms with E-state index in [-0.39, 0.29) is 18.4 Å². The molecule has 1 atom stereocenters. The van der Waals surface area contributed by atoms with Crippen molar-refractivity contribution in [2.75, 3.05) is 32.8 Å². The lowest BCUT2D eigenvalue weighted by atomic mass is 10.1. The van der Waals surface area contributed by atoms with Crippen LogP contribution in [0.3, 0.4) is 0 Å². The highest BCUT2D eigenvalue weighted by atomic mass is 35.5. The first kappa shape index (κ1) is 25.7. The van der Waals surface area contributed by atoms with E-state index in [9.17, 15) is 33.2 Å². The summed E-state index contributed by atoms with van der Waals surface area (Å²) < 4.78 is 44.4. The number of nitrogens with zero attached hydrogens (tertiary/aromatic N) is 5. The van der Waals surface area contributed by atoms with E-state index < -0.39 is 34.2 Å². The number of hydrogen-bond acceptors (Lipinski definition) is 7. The molecule has 10 nitrogen and oxygen atoms in total. The molecule has 0 radical (unpaired) electrons. The van der Waals surface area contributed by atoms with Crippen molar-refractivity contribution in [1.82, 2.24) is 19.4 Å². The number of imidazole rings is 1. The van der Waals surface area contributed by atoms with Crippen LogP contribution in [-0.4, -0.2) is 73.9 Å². The molecule has 2 aromatic rings. The fourth-order valence-corrected chi connectivity index (χ4v) is 3.64. The van der Waals surface area contributed by atoms with Gasteiger partial charge >= 0.3 is 23.4 Å². The molecule has 0 aliphatic carbocycles. The Balaban J connectivity index is 1.45. The van der Waals surface area contributed by atoms with Crippen molar-refractivity contribution in [2.24, 2.45) is 0 Å². The Labute approximate surface area is 197 Å². The Morgan fingerprint density at radius 3 is 2.38 bits per heavy atom. The molecule has 2 heterocycles. The number of hydrogen-bond donors (Lipinski definition) is 1. The van der Waals surface area contributed by atoms with Crippen molar-refractivity contribution in [2.45, 2.75) is 31.8 Å². The van der Waals surface area contributed by atoms with Gasteiger partial charge in [-0.3, -0.25) is 9.47 Å². The fraction of sp³-hybridized carbons (Fsp3) is 0.500. The summed E-state index contributed by atoms with van der Waals surface area (Å²) in [5.74, 6) is -0.466. The van der Waals surface area contributed by atoms with Crippen LogP contribution in [0.5, 0.6) is 0 Å². The summed E-state index contributed by atoms with van der Waals surface area (Å²) in [7, 11) is 0. The number of carbonyl (C=O) groups excluding carboxylic acids is 1. The molecule has 14 heteroatoms. The third-order valence-electron chi connectivity index (χ3n) is 5.24. The van der Waals surface area contributed by atoms with Gasteiger partial charge in [-0.2, -0.15) is 13.2 Å². The minimum absolute atomic E-state index is 0.178. The largest absolute Gasteiger partial charge is 0.446 e. The van der Waals surface area contributed by atoms with Crippen LogP contribution in [-0.2, 0) is 24.0 Å². The summed E-state index contributed by atoms with van der Waals surface area (Å²) >= 11 is 5.84. The number of piperazine rings is 1. The van der Waals surface area contributed by atoms with Crippen LogP contribution in [0, 0.1) is 10.1 Å². The molecular weight excluding hydrogens is 483 g/mol. The van der Waals surface area contributed by atoms with Gasteiger partial charge in [0.05, 0.1) is 12.1 Å². The Bertz CT molecular complexity index is 1020. The molecule has 1 aliphatic heterocycles. The molecule has 1 N–H and O–H groups in total. The molecule has 1 aromatic carbocycles. The first-order chi connectivity index (χ1) is 15.8. The predicted molar refractivity (Wildman–Crippen MR) is 114 cm³/mol. The molecule has 0 spiro atoms. The summed E-state index contributed by atoms with van der Waals surface area (Å²) in [4.78, 5) is 29.5. The van der Waals surface area contributed by atoms with Crippen molar-refractivity contribution < 1.29 is 32.7 Å². The number of ether oxygens (including phenoxy) is 1. The zero-order valence-corrected chi connectivity index (χ0v) is 18.9. The van der Waals surface area contributed by atoms with Gasteiger partial charge in [0, 0.05) is 32.7 Å². The molecule has 1 unspecified atom stereocenters. The molecule has 1 saturated heterocycles. The van der Waals surface area contributed by atoms with Crippen LogP contribution in [0.4, 0.5) is 23.8 Å². The van der Waals surface area contributed by atoms with E-state index >= 15 is 0 Å². The van der Waals surface area contributed by atoms with Gasteiger partial charge in [-0.1, -0.05) is 12.1 Å². The lowest BCUT2D eigenvalue weighted by Crippen LogP contribution is -2.49. The number of amides is 1. The van der Waals surface area contributed by atoms with Crippen LogP contribution < -0.4 is 0 Å². The first-order valence-electron chi connectivity index (χ1n) is 10.2. The van der Waals surface area contributed by atoms with E-state index in [1.807, 2.05) is 4.90 Å². The number of rotatable bonds is 7. The number of alkyl halides is 3. The maximum absolute atomic E-state index is 12.7. The van der Waals surface area contributed by atoms with E-state index in [2.05, 4.69) is 4.98 Å². The molecule has 34 heavy (non-hydrogen) atoms. The first-order valence-corrected chi connectivity index (χ1v) is 10.6. The van der Waals surface area contributed by atoms with Gasteiger partial charge in [0.25, 0.3) is 0 Å². The molecule has 0 saturated carbocycles. The monoisotopic (exact) mass is 505 g/mol. The highest BCUT2D eigenvalue weighted by Crippen LogP contribution is 2.29. The Morgan fingerprint density at radius 2 is 1.85 bits per heavy atom. The van der Waals surface area contributed by atoms with Gasteiger partial charge < -0.3 is 24.9 Å². The Hall–Kier alpha value is -2.90. The van der Waals surface area contributed by atoms with Crippen LogP contribution >= 0.6 is 11.6 Å². The summed E-state index contributed by atoms with van der Waals surface area (Å²) in [6, 6.07) is 4.97. The molecule has 186 valence electrons. The fourth-order valence-electron chi connectivity index (χ4n) is 3.45. The van der Waals surface area contributed by atoms with E-state index in [1.54, 1.807) is 0 Å². The standard InChI is InChI=1S/C20H23ClF3N5O5/c1-19(31,12-28-11-16(29(32)33)25-17(28)21)13-34-18(30)27-8-6-26(7-9-27)10-14-2-4-15(5-3-14)20(22,23)24/h2-5,11,31H,6-10,12-13H2,1H3. The average Bonchev–Trinajstić information content (AvgIpc) is 3.12. The van der Waals surface area contributed by atoms with Crippen molar-refractivity contribution >= 4 is 23.5 Å². The van der Waals surface area contributed by atoms with Crippen LogP contribution in [0.2, 0.25) is 5.28 Å². The molecule has 3 rings (SSSR count). The van der Waals surface area contributed by atoms with Crippen molar-refractivity contribution in [1.29, 1.82) is 0 Å². The molecular formula is C20H23ClF3N5O5. The van der Waals surface area contributed by atoms with Gasteiger partial charge in [-0.25, -0.2) is 4.79 Å². The lowest BCUT2D eigenvalue weighted by Gasteiger charge is -2.34. The molecule has 1 fully saturated rings. The number of carbonyl (C=O) groups is 1. The van der Waals surface area contributed by atoms with E-state index in [1.165, 1.54) is 28.5 Å². The number of aliphatic hydroxyl groups is 1. The second-order valence-corrected chi connectivity index (χ2v) is 8.60. The van der Waals surface area contributed by atoms with E-state index in [0.29, 0.717) is 32.7 Å². The van der Waals surface area contributed by atoms with Crippen LogP contribution in [0.25, 0.3) is 0 Å². The quantitative estimate of drug-likeness (QED) is 0.454. The van der Waals surface area contributed by atoms with Crippen molar-refractivity contribution in [3.8, 4) is 0 Å². The third kappa shape index (κ3) is 6.81. The van der Waals surface area contributed by atoms with E-state index in [0.717, 1.165) is 23.9 Å². The zero-order valence-electron chi connectivity index (χ0n) is 18.2. The molecule has 0 bridgehead atoms. The van der Waals surface area contributed by atoms with Gasteiger partial charge in [0.1, 0.15) is 18.4 Å². The van der Waals surface area contributed by atoms with Gasteiger partial charge in [0.2, 0.25) is 0 Å². The van der Waals surface area contributed by atoms with Gasteiger partial charge in [-0.15, -0.1) is 0 Å². The minimum Gasteiger partial charge on any atom is -0.446 e. The summed E-state index contributed by atoms with van der Waals surface area (Å²) in [6.07, 6.45) is -3.93.